The first-order chi connectivity index (χ1) is 11.2. The van der Waals surface area contributed by atoms with Gasteiger partial charge in [-0.2, -0.15) is 0 Å². The Morgan fingerprint density at radius 3 is 2.48 bits per heavy atom. The van der Waals surface area contributed by atoms with Gasteiger partial charge in [0.25, 0.3) is 0 Å². The predicted molar refractivity (Wildman–Crippen MR) is 88.6 cm³/mol. The summed E-state index contributed by atoms with van der Waals surface area (Å²) in [7, 11) is 1.61. The number of hydrogen-bond acceptors (Lipinski definition) is 3. The molecular formula is C18H13ClFNO2. The monoisotopic (exact) mass is 329 g/mol. The van der Waals surface area contributed by atoms with Crippen LogP contribution < -0.4 is 4.74 Å². The van der Waals surface area contributed by atoms with E-state index in [1.54, 1.807) is 31.5 Å². The molecule has 0 amide bonds. The van der Waals surface area contributed by atoms with Crippen molar-refractivity contribution >= 4 is 22.7 Å². The topological polar surface area (TPSA) is 35.3 Å². The lowest BCUT2D eigenvalue weighted by molar-refractivity contribution is 0.415. The van der Waals surface area contributed by atoms with E-state index in [1.807, 2.05) is 24.3 Å². The molecule has 1 aromatic heterocycles. The zero-order chi connectivity index (χ0) is 16.2. The summed E-state index contributed by atoms with van der Waals surface area (Å²) in [6.07, 6.45) is 3.31. The van der Waals surface area contributed by atoms with Crippen LogP contribution in [0.3, 0.4) is 0 Å². The van der Waals surface area contributed by atoms with Crippen LogP contribution >= 0.6 is 11.6 Å². The minimum absolute atomic E-state index is 0.300. The molecule has 0 radical (unpaired) electrons. The first-order valence-corrected chi connectivity index (χ1v) is 7.27. The lowest BCUT2D eigenvalue weighted by Gasteiger charge is -2.00. The van der Waals surface area contributed by atoms with Crippen molar-refractivity contribution in [2.75, 3.05) is 7.11 Å². The van der Waals surface area contributed by atoms with Gasteiger partial charge in [-0.05, 0) is 48.0 Å². The first-order valence-electron chi connectivity index (χ1n) is 6.89. The summed E-state index contributed by atoms with van der Waals surface area (Å²) in [5.41, 5.74) is 1.64. The quantitative estimate of drug-likeness (QED) is 0.657. The molecule has 0 N–H and O–H groups in total. The lowest BCUT2D eigenvalue weighted by atomic mass is 10.2. The van der Waals surface area contributed by atoms with Crippen LogP contribution in [0, 0.1) is 5.82 Å². The van der Waals surface area contributed by atoms with E-state index in [2.05, 4.69) is 4.98 Å². The minimum Gasteiger partial charge on any atom is -0.497 e. The maximum Gasteiger partial charge on any atom is 0.238 e. The number of oxazole rings is 1. The summed E-state index contributed by atoms with van der Waals surface area (Å²) < 4.78 is 23.7. The summed E-state index contributed by atoms with van der Waals surface area (Å²) in [5, 5.41) is 0.378. The fraction of sp³-hybridized carbons (Fsp3) is 0.0556. The molecule has 23 heavy (non-hydrogen) atoms. The standard InChI is InChI=1S/C18H13ClFNO2/c1-22-15-8-2-12(3-9-15)10-16(19)18-21-11-17(23-18)13-4-6-14(20)7-5-13/h2-11H,1H3/b16-10-. The van der Waals surface area contributed by atoms with Crippen LogP contribution in [0.4, 0.5) is 4.39 Å². The van der Waals surface area contributed by atoms with E-state index < -0.39 is 0 Å². The maximum atomic E-state index is 12.9. The second-order valence-corrected chi connectivity index (χ2v) is 5.21. The number of rotatable bonds is 4. The van der Waals surface area contributed by atoms with Gasteiger partial charge in [-0.15, -0.1) is 0 Å². The Hall–Kier alpha value is -2.59. The highest BCUT2D eigenvalue weighted by Crippen LogP contribution is 2.27. The Kier molecular flexibility index (Phi) is 4.44. The molecule has 0 atom stereocenters. The Bertz CT molecular complexity index is 823. The van der Waals surface area contributed by atoms with E-state index in [1.165, 1.54) is 12.1 Å². The zero-order valence-corrected chi connectivity index (χ0v) is 13.0. The van der Waals surface area contributed by atoms with Gasteiger partial charge >= 0.3 is 0 Å². The molecule has 116 valence electrons. The van der Waals surface area contributed by atoms with Crippen LogP contribution in [0.25, 0.3) is 22.4 Å². The molecule has 3 nitrogen and oxygen atoms in total. The number of ether oxygens (including phenoxy) is 1. The number of nitrogens with zero attached hydrogens (tertiary/aromatic N) is 1. The normalized spacial score (nSPS) is 11.5. The highest BCUT2D eigenvalue weighted by molar-refractivity contribution is 6.50. The van der Waals surface area contributed by atoms with Crippen molar-refractivity contribution in [2.24, 2.45) is 0 Å². The molecule has 3 rings (SSSR count). The van der Waals surface area contributed by atoms with Crippen LogP contribution in [0.5, 0.6) is 5.75 Å². The molecule has 0 spiro atoms. The van der Waals surface area contributed by atoms with E-state index >= 15 is 0 Å². The second kappa shape index (κ2) is 6.67. The predicted octanol–water partition coefficient (Wildman–Crippen LogP) is 5.23. The molecule has 0 saturated carbocycles. The fourth-order valence-electron chi connectivity index (χ4n) is 2.04. The molecule has 1 heterocycles. The van der Waals surface area contributed by atoms with Gasteiger partial charge in [-0.3, -0.25) is 0 Å². The van der Waals surface area contributed by atoms with Gasteiger partial charge in [0, 0.05) is 5.56 Å². The second-order valence-electron chi connectivity index (χ2n) is 4.80. The summed E-state index contributed by atoms with van der Waals surface area (Å²) >= 11 is 6.25. The summed E-state index contributed by atoms with van der Waals surface area (Å²) in [5.74, 6) is 1.31. The maximum absolute atomic E-state index is 12.9. The first kappa shape index (κ1) is 15.3. The highest BCUT2D eigenvalue weighted by atomic mass is 35.5. The van der Waals surface area contributed by atoms with E-state index in [4.69, 9.17) is 20.8 Å². The highest BCUT2D eigenvalue weighted by Gasteiger charge is 2.09. The van der Waals surface area contributed by atoms with Gasteiger partial charge in [0.05, 0.1) is 13.3 Å². The van der Waals surface area contributed by atoms with Crippen molar-refractivity contribution in [3.63, 3.8) is 0 Å². The van der Waals surface area contributed by atoms with Gasteiger partial charge in [0.1, 0.15) is 16.6 Å². The van der Waals surface area contributed by atoms with Crippen molar-refractivity contribution < 1.29 is 13.5 Å². The van der Waals surface area contributed by atoms with Gasteiger partial charge < -0.3 is 9.15 Å². The van der Waals surface area contributed by atoms with Crippen molar-refractivity contribution in [2.45, 2.75) is 0 Å². The third-order valence-corrected chi connectivity index (χ3v) is 3.52. The Morgan fingerprint density at radius 2 is 1.83 bits per heavy atom. The average Bonchev–Trinajstić information content (AvgIpc) is 3.06. The van der Waals surface area contributed by atoms with Crippen LogP contribution in [0.1, 0.15) is 11.5 Å². The molecular weight excluding hydrogens is 317 g/mol. The third kappa shape index (κ3) is 3.60. The summed E-state index contributed by atoms with van der Waals surface area (Å²) in [4.78, 5) is 4.16. The summed E-state index contributed by atoms with van der Waals surface area (Å²) in [6, 6.07) is 13.4. The van der Waals surface area contributed by atoms with E-state index in [9.17, 15) is 4.39 Å². The molecule has 0 aliphatic carbocycles. The molecule has 0 bridgehead atoms. The number of halogens is 2. The zero-order valence-electron chi connectivity index (χ0n) is 12.3. The number of methoxy groups -OCH3 is 1. The molecule has 5 heteroatoms. The number of hydrogen-bond donors (Lipinski definition) is 0. The third-order valence-electron chi connectivity index (χ3n) is 3.25. The van der Waals surface area contributed by atoms with Crippen LogP contribution in [-0.4, -0.2) is 12.1 Å². The van der Waals surface area contributed by atoms with Gasteiger partial charge in [0.2, 0.25) is 5.89 Å². The van der Waals surface area contributed by atoms with Crippen molar-refractivity contribution in [3.8, 4) is 17.1 Å². The Morgan fingerprint density at radius 1 is 1.13 bits per heavy atom. The molecule has 0 unspecified atom stereocenters. The fourth-order valence-corrected chi connectivity index (χ4v) is 2.25. The van der Waals surface area contributed by atoms with Crippen LogP contribution in [0.15, 0.2) is 59.1 Å². The van der Waals surface area contributed by atoms with E-state index in [-0.39, 0.29) is 5.82 Å². The molecule has 0 aliphatic heterocycles. The minimum atomic E-state index is -0.300. The van der Waals surface area contributed by atoms with Crippen LogP contribution in [-0.2, 0) is 0 Å². The molecule has 0 aliphatic rings. The largest absolute Gasteiger partial charge is 0.497 e. The number of benzene rings is 2. The Balaban J connectivity index is 1.83. The van der Waals surface area contributed by atoms with Gasteiger partial charge in [-0.1, -0.05) is 23.7 Å². The van der Waals surface area contributed by atoms with Crippen molar-refractivity contribution in [1.29, 1.82) is 0 Å². The van der Waals surface area contributed by atoms with Crippen molar-refractivity contribution in [3.05, 3.63) is 72.0 Å². The Labute approximate surface area is 138 Å². The van der Waals surface area contributed by atoms with Crippen molar-refractivity contribution in [1.82, 2.24) is 4.98 Å². The van der Waals surface area contributed by atoms with Crippen LogP contribution in [0.2, 0.25) is 0 Å². The van der Waals surface area contributed by atoms with E-state index in [0.29, 0.717) is 16.7 Å². The lowest BCUT2D eigenvalue weighted by Crippen LogP contribution is -1.82. The molecule has 0 fully saturated rings. The molecule has 0 saturated heterocycles. The summed E-state index contributed by atoms with van der Waals surface area (Å²) in [6.45, 7) is 0. The van der Waals surface area contributed by atoms with Gasteiger partial charge in [-0.25, -0.2) is 9.37 Å². The smallest absolute Gasteiger partial charge is 0.238 e. The SMILES string of the molecule is COc1ccc(/C=C(\Cl)c2ncc(-c3ccc(F)cc3)o2)cc1. The van der Waals surface area contributed by atoms with Gasteiger partial charge in [0.15, 0.2) is 5.76 Å². The number of aromatic nitrogens is 1. The molecule has 2 aromatic carbocycles. The average molecular weight is 330 g/mol. The molecule has 3 aromatic rings. The van der Waals surface area contributed by atoms with E-state index in [0.717, 1.165) is 16.9 Å².